The molecule has 0 aliphatic rings. The molecule has 0 spiro atoms. The molecule has 0 bridgehead atoms. The Labute approximate surface area is 205 Å². The summed E-state index contributed by atoms with van der Waals surface area (Å²) in [5.74, 6) is -2.25. The SMILES string of the molecule is CCOC(=O)c1c(C)oc(NC(=O)CSc2nnc3cc(C)c4cc(C)cc(C)c4n23)c1C(N)=O. The fourth-order valence-electron chi connectivity index (χ4n) is 4.12. The van der Waals surface area contributed by atoms with Crippen molar-refractivity contribution < 1.29 is 23.5 Å². The maximum Gasteiger partial charge on any atom is 0.342 e. The van der Waals surface area contributed by atoms with Crippen molar-refractivity contribution in [3.05, 3.63) is 51.8 Å². The van der Waals surface area contributed by atoms with Gasteiger partial charge in [0.05, 0.1) is 17.9 Å². The number of amides is 2. The number of pyridine rings is 1. The lowest BCUT2D eigenvalue weighted by atomic mass is 10.0. The largest absolute Gasteiger partial charge is 0.462 e. The van der Waals surface area contributed by atoms with E-state index < -0.39 is 17.8 Å². The molecule has 3 heterocycles. The lowest BCUT2D eigenvalue weighted by Crippen LogP contribution is -2.21. The average molecular weight is 496 g/mol. The number of rotatable bonds is 7. The van der Waals surface area contributed by atoms with Crippen LogP contribution < -0.4 is 11.1 Å². The second-order valence-corrected chi connectivity index (χ2v) is 9.08. The second-order valence-electron chi connectivity index (χ2n) is 8.14. The average Bonchev–Trinajstić information content (AvgIpc) is 3.32. The number of carbonyl (C=O) groups is 3. The number of furan rings is 1. The van der Waals surface area contributed by atoms with Gasteiger partial charge in [0.2, 0.25) is 11.8 Å². The van der Waals surface area contributed by atoms with Crippen molar-refractivity contribution in [3.8, 4) is 0 Å². The summed E-state index contributed by atoms with van der Waals surface area (Å²) in [6.45, 7) is 9.34. The van der Waals surface area contributed by atoms with E-state index in [9.17, 15) is 14.4 Å². The molecule has 10 nitrogen and oxygen atoms in total. The highest BCUT2D eigenvalue weighted by atomic mass is 32.2. The Bertz CT molecular complexity index is 1500. The van der Waals surface area contributed by atoms with Crippen LogP contribution in [0.4, 0.5) is 5.88 Å². The standard InChI is InChI=1S/C24H25N5O5S/c1-6-33-23(32)18-14(5)34-22(19(18)21(25)31)26-17(30)10-35-24-28-27-16-9-12(3)15-8-11(2)7-13(4)20(15)29(16)24/h7-9H,6,10H2,1-5H3,(H2,25,31)(H,26,30). The van der Waals surface area contributed by atoms with Crippen LogP contribution in [0.3, 0.4) is 0 Å². The van der Waals surface area contributed by atoms with Crippen LogP contribution in [0.2, 0.25) is 0 Å². The highest BCUT2D eigenvalue weighted by Gasteiger charge is 2.29. The van der Waals surface area contributed by atoms with Gasteiger partial charge in [-0.25, -0.2) is 4.79 Å². The van der Waals surface area contributed by atoms with E-state index in [2.05, 4.69) is 27.6 Å². The number of esters is 1. The molecule has 3 aromatic heterocycles. The molecule has 0 fully saturated rings. The Hall–Kier alpha value is -3.86. The minimum atomic E-state index is -0.913. The molecular formula is C24H25N5O5S. The number of aromatic nitrogens is 3. The third-order valence-electron chi connectivity index (χ3n) is 5.49. The Morgan fingerprint density at radius 2 is 1.83 bits per heavy atom. The Kier molecular flexibility index (Phi) is 6.53. The van der Waals surface area contributed by atoms with E-state index in [1.807, 2.05) is 31.2 Å². The van der Waals surface area contributed by atoms with Crippen molar-refractivity contribution in [1.82, 2.24) is 14.6 Å². The number of hydrogen-bond acceptors (Lipinski definition) is 8. The number of nitrogens with zero attached hydrogens (tertiary/aromatic N) is 3. The molecule has 4 rings (SSSR count). The first-order valence-electron chi connectivity index (χ1n) is 10.9. The van der Waals surface area contributed by atoms with E-state index in [0.29, 0.717) is 10.8 Å². The lowest BCUT2D eigenvalue weighted by Gasteiger charge is -2.11. The quantitative estimate of drug-likeness (QED) is 0.292. The van der Waals surface area contributed by atoms with E-state index in [-0.39, 0.29) is 35.1 Å². The van der Waals surface area contributed by atoms with Crippen LogP contribution in [0.15, 0.2) is 27.8 Å². The number of fused-ring (bicyclic) bond motifs is 3. The fourth-order valence-corrected chi connectivity index (χ4v) is 4.86. The van der Waals surface area contributed by atoms with Crippen LogP contribution >= 0.6 is 11.8 Å². The van der Waals surface area contributed by atoms with Crippen molar-refractivity contribution in [1.29, 1.82) is 0 Å². The van der Waals surface area contributed by atoms with Crippen molar-refractivity contribution in [2.45, 2.75) is 39.8 Å². The van der Waals surface area contributed by atoms with Gasteiger partial charge in [-0.2, -0.15) is 0 Å². The highest BCUT2D eigenvalue weighted by molar-refractivity contribution is 7.99. The molecule has 4 aromatic rings. The topological polar surface area (TPSA) is 142 Å². The van der Waals surface area contributed by atoms with Crippen LogP contribution in [0, 0.1) is 27.7 Å². The summed E-state index contributed by atoms with van der Waals surface area (Å²) in [7, 11) is 0. The smallest absolute Gasteiger partial charge is 0.342 e. The minimum Gasteiger partial charge on any atom is -0.462 e. The summed E-state index contributed by atoms with van der Waals surface area (Å²) in [5.41, 5.74) is 10.1. The monoisotopic (exact) mass is 495 g/mol. The van der Waals surface area contributed by atoms with Crippen molar-refractivity contribution in [2.24, 2.45) is 5.73 Å². The summed E-state index contributed by atoms with van der Waals surface area (Å²) < 4.78 is 12.4. The van der Waals surface area contributed by atoms with Gasteiger partial charge in [-0.3, -0.25) is 19.3 Å². The molecule has 0 aliphatic heterocycles. The minimum absolute atomic E-state index is 0.0479. The summed E-state index contributed by atoms with van der Waals surface area (Å²) in [4.78, 5) is 37.0. The Morgan fingerprint density at radius 3 is 2.51 bits per heavy atom. The first-order chi connectivity index (χ1) is 16.6. The molecule has 35 heavy (non-hydrogen) atoms. The number of primary amides is 1. The Morgan fingerprint density at radius 1 is 1.09 bits per heavy atom. The number of hydrogen-bond donors (Lipinski definition) is 2. The molecule has 0 radical (unpaired) electrons. The molecule has 182 valence electrons. The molecule has 3 N–H and O–H groups in total. The van der Waals surface area contributed by atoms with Gasteiger partial charge in [-0.15, -0.1) is 10.2 Å². The number of thioether (sulfide) groups is 1. The molecule has 0 atom stereocenters. The van der Waals surface area contributed by atoms with Gasteiger partial charge in [-0.1, -0.05) is 23.4 Å². The summed E-state index contributed by atoms with van der Waals surface area (Å²) in [6.07, 6.45) is 0. The van der Waals surface area contributed by atoms with Crippen molar-refractivity contribution in [2.75, 3.05) is 17.7 Å². The predicted molar refractivity (Wildman–Crippen MR) is 132 cm³/mol. The van der Waals surface area contributed by atoms with E-state index >= 15 is 0 Å². The molecular weight excluding hydrogens is 470 g/mol. The van der Waals surface area contributed by atoms with Gasteiger partial charge in [0.1, 0.15) is 16.9 Å². The first-order valence-corrected chi connectivity index (χ1v) is 11.9. The number of nitrogens with one attached hydrogen (secondary N) is 1. The van der Waals surface area contributed by atoms with Crippen LogP contribution in [0.25, 0.3) is 16.6 Å². The zero-order valence-electron chi connectivity index (χ0n) is 20.0. The molecule has 0 aliphatic carbocycles. The number of carbonyl (C=O) groups excluding carboxylic acids is 3. The number of ether oxygens (including phenoxy) is 1. The van der Waals surface area contributed by atoms with Gasteiger partial charge in [0.25, 0.3) is 5.91 Å². The van der Waals surface area contributed by atoms with Gasteiger partial charge in [0.15, 0.2) is 10.8 Å². The van der Waals surface area contributed by atoms with Gasteiger partial charge in [0, 0.05) is 5.39 Å². The van der Waals surface area contributed by atoms with Gasteiger partial charge < -0.3 is 14.9 Å². The van der Waals surface area contributed by atoms with E-state index in [1.54, 1.807) is 6.92 Å². The molecule has 0 saturated heterocycles. The van der Waals surface area contributed by atoms with Gasteiger partial charge >= 0.3 is 5.97 Å². The number of benzene rings is 1. The molecule has 0 unspecified atom stereocenters. The van der Waals surface area contributed by atoms with Crippen LogP contribution in [-0.4, -0.2) is 44.7 Å². The number of aryl methyl sites for hydroxylation is 4. The molecule has 0 saturated carbocycles. The van der Waals surface area contributed by atoms with Crippen molar-refractivity contribution >= 4 is 52.0 Å². The maximum absolute atomic E-state index is 12.7. The summed E-state index contributed by atoms with van der Waals surface area (Å²) in [5, 5.41) is 12.7. The third-order valence-corrected chi connectivity index (χ3v) is 6.42. The van der Waals surface area contributed by atoms with Crippen LogP contribution in [-0.2, 0) is 9.53 Å². The summed E-state index contributed by atoms with van der Waals surface area (Å²) >= 11 is 1.19. The lowest BCUT2D eigenvalue weighted by molar-refractivity contribution is -0.113. The molecule has 11 heteroatoms. The molecule has 1 aromatic carbocycles. The number of anilines is 1. The third kappa shape index (κ3) is 4.46. The first kappa shape index (κ1) is 24.3. The maximum atomic E-state index is 12.7. The van der Waals surface area contributed by atoms with Crippen molar-refractivity contribution in [3.63, 3.8) is 0 Å². The Balaban J connectivity index is 1.61. The predicted octanol–water partition coefficient (Wildman–Crippen LogP) is 3.72. The van der Waals surface area contributed by atoms with Gasteiger partial charge in [-0.05, 0) is 57.9 Å². The zero-order chi connectivity index (χ0) is 25.4. The highest BCUT2D eigenvalue weighted by Crippen LogP contribution is 2.30. The van der Waals surface area contributed by atoms with E-state index in [4.69, 9.17) is 14.9 Å². The number of nitrogens with two attached hydrogens (primary N) is 1. The van der Waals surface area contributed by atoms with E-state index in [1.165, 1.54) is 18.7 Å². The van der Waals surface area contributed by atoms with Crippen LogP contribution in [0.1, 0.15) is 50.1 Å². The fraction of sp³-hybridized carbons (Fsp3) is 0.292. The molecule has 2 amide bonds. The van der Waals surface area contributed by atoms with Crippen LogP contribution in [0.5, 0.6) is 0 Å². The second kappa shape index (κ2) is 9.41. The normalized spacial score (nSPS) is 11.2. The summed E-state index contributed by atoms with van der Waals surface area (Å²) in [6, 6.07) is 6.16. The van der Waals surface area contributed by atoms with E-state index in [0.717, 1.165) is 27.6 Å². The zero-order valence-corrected chi connectivity index (χ0v) is 20.8.